The quantitative estimate of drug-likeness (QED) is 0.789. The maximum absolute atomic E-state index is 13.5. The fraction of sp³-hybridized carbons (Fsp3) is 0.0769. The van der Waals surface area contributed by atoms with Crippen molar-refractivity contribution in [2.45, 2.75) is 0 Å². The molecule has 0 aliphatic rings. The summed E-state index contributed by atoms with van der Waals surface area (Å²) in [4.78, 5) is 0. The first-order valence-electron chi connectivity index (χ1n) is 5.85. The van der Waals surface area contributed by atoms with E-state index in [4.69, 9.17) is 17.3 Å². The summed E-state index contributed by atoms with van der Waals surface area (Å²) in [6.07, 6.45) is 3.29. The zero-order chi connectivity index (χ0) is 14.3. The van der Waals surface area contributed by atoms with Gasteiger partial charge in [-0.05, 0) is 18.2 Å². The Balaban J connectivity index is 2.09. The van der Waals surface area contributed by atoms with Gasteiger partial charge in [0, 0.05) is 19.3 Å². The molecule has 5 nitrogen and oxygen atoms in total. The van der Waals surface area contributed by atoms with Crippen molar-refractivity contribution in [3.05, 3.63) is 47.5 Å². The number of anilines is 1. The molecule has 0 radical (unpaired) electrons. The van der Waals surface area contributed by atoms with Crippen LogP contribution in [0.3, 0.4) is 0 Å². The normalized spacial score (nSPS) is 10.9. The van der Waals surface area contributed by atoms with Crippen molar-refractivity contribution in [2.24, 2.45) is 7.05 Å². The maximum atomic E-state index is 13.5. The van der Waals surface area contributed by atoms with Gasteiger partial charge in [0.05, 0.1) is 28.3 Å². The molecular weight excluding hydrogens is 281 g/mol. The van der Waals surface area contributed by atoms with E-state index in [0.29, 0.717) is 17.1 Å². The van der Waals surface area contributed by atoms with E-state index in [1.807, 2.05) is 6.07 Å². The largest absolute Gasteiger partial charge is 0.396 e. The van der Waals surface area contributed by atoms with E-state index >= 15 is 0 Å². The van der Waals surface area contributed by atoms with E-state index in [2.05, 4.69) is 10.2 Å². The molecule has 3 aromatic rings. The van der Waals surface area contributed by atoms with Gasteiger partial charge in [0.25, 0.3) is 0 Å². The fourth-order valence-electron chi connectivity index (χ4n) is 1.95. The monoisotopic (exact) mass is 291 g/mol. The van der Waals surface area contributed by atoms with Crippen LogP contribution in [0.25, 0.3) is 17.1 Å². The third-order valence-corrected chi connectivity index (χ3v) is 3.28. The molecule has 0 atom stereocenters. The van der Waals surface area contributed by atoms with Crippen LogP contribution >= 0.6 is 11.6 Å². The first kappa shape index (κ1) is 12.7. The molecule has 2 N–H and O–H groups in total. The van der Waals surface area contributed by atoms with Crippen LogP contribution in [0, 0.1) is 5.82 Å². The molecule has 102 valence electrons. The number of halogens is 2. The van der Waals surface area contributed by atoms with Crippen LogP contribution in [0.4, 0.5) is 10.1 Å². The summed E-state index contributed by atoms with van der Waals surface area (Å²) in [6.45, 7) is 0. The van der Waals surface area contributed by atoms with Crippen molar-refractivity contribution in [1.29, 1.82) is 0 Å². The van der Waals surface area contributed by atoms with Crippen LogP contribution in [0.15, 0.2) is 36.7 Å². The van der Waals surface area contributed by atoms with Gasteiger partial charge < -0.3 is 5.73 Å². The SMILES string of the molecule is Cn1nccc1-c1nn(-c2ccc(Cl)c(F)c2)cc1N. The Morgan fingerprint density at radius 3 is 2.75 bits per heavy atom. The highest BCUT2D eigenvalue weighted by atomic mass is 35.5. The summed E-state index contributed by atoms with van der Waals surface area (Å²) < 4.78 is 16.7. The third-order valence-electron chi connectivity index (χ3n) is 2.97. The van der Waals surface area contributed by atoms with E-state index in [-0.39, 0.29) is 5.02 Å². The molecule has 3 rings (SSSR count). The number of nitrogen functional groups attached to an aromatic ring is 1. The van der Waals surface area contributed by atoms with Crippen molar-refractivity contribution >= 4 is 17.3 Å². The predicted octanol–water partition coefficient (Wildman–Crippen LogP) is 2.65. The summed E-state index contributed by atoms with van der Waals surface area (Å²) in [5, 5.41) is 8.52. The highest BCUT2D eigenvalue weighted by Crippen LogP contribution is 2.25. The van der Waals surface area contributed by atoms with E-state index in [9.17, 15) is 4.39 Å². The number of hydrogen-bond acceptors (Lipinski definition) is 3. The molecule has 7 heteroatoms. The Hall–Kier alpha value is -2.34. The van der Waals surface area contributed by atoms with Gasteiger partial charge in [0.1, 0.15) is 11.5 Å². The molecule has 0 fully saturated rings. The molecule has 0 aliphatic heterocycles. The lowest BCUT2D eigenvalue weighted by Crippen LogP contribution is -1.98. The predicted molar refractivity (Wildman–Crippen MR) is 75.1 cm³/mol. The van der Waals surface area contributed by atoms with Crippen molar-refractivity contribution in [2.75, 3.05) is 5.73 Å². The molecule has 0 spiro atoms. The Labute approximate surface area is 119 Å². The van der Waals surface area contributed by atoms with Crippen molar-refractivity contribution < 1.29 is 4.39 Å². The average Bonchev–Trinajstić information content (AvgIpc) is 2.99. The van der Waals surface area contributed by atoms with Crippen LogP contribution in [-0.2, 0) is 7.05 Å². The maximum Gasteiger partial charge on any atom is 0.143 e. The minimum atomic E-state index is -0.500. The summed E-state index contributed by atoms with van der Waals surface area (Å²) in [5.41, 5.74) is 8.39. The molecule has 2 heterocycles. The third kappa shape index (κ3) is 2.04. The highest BCUT2D eigenvalue weighted by molar-refractivity contribution is 6.30. The molecule has 0 saturated heterocycles. The summed E-state index contributed by atoms with van der Waals surface area (Å²) in [7, 11) is 1.80. The lowest BCUT2D eigenvalue weighted by Gasteiger charge is -2.02. The van der Waals surface area contributed by atoms with Gasteiger partial charge in [-0.15, -0.1) is 0 Å². The number of aryl methyl sites for hydroxylation is 1. The summed E-state index contributed by atoms with van der Waals surface area (Å²) in [6, 6.07) is 6.27. The Kier molecular flexibility index (Phi) is 2.94. The molecular formula is C13H11ClFN5. The van der Waals surface area contributed by atoms with Crippen molar-refractivity contribution in [3.8, 4) is 17.1 Å². The first-order valence-corrected chi connectivity index (χ1v) is 6.23. The van der Waals surface area contributed by atoms with Gasteiger partial charge in [-0.3, -0.25) is 4.68 Å². The Morgan fingerprint density at radius 1 is 1.30 bits per heavy atom. The van der Waals surface area contributed by atoms with E-state index in [1.165, 1.54) is 16.8 Å². The van der Waals surface area contributed by atoms with Gasteiger partial charge in [0.15, 0.2) is 0 Å². The molecule has 0 unspecified atom stereocenters. The van der Waals surface area contributed by atoms with Gasteiger partial charge in [-0.1, -0.05) is 11.6 Å². The van der Waals surface area contributed by atoms with E-state index in [1.54, 1.807) is 30.2 Å². The molecule has 20 heavy (non-hydrogen) atoms. The van der Waals surface area contributed by atoms with Crippen LogP contribution in [0.1, 0.15) is 0 Å². The second-order valence-electron chi connectivity index (χ2n) is 4.32. The molecule has 0 bridgehead atoms. The molecule has 2 aromatic heterocycles. The lowest BCUT2D eigenvalue weighted by molar-refractivity contribution is 0.626. The zero-order valence-corrected chi connectivity index (χ0v) is 11.3. The molecule has 0 aliphatic carbocycles. The molecule has 1 aromatic carbocycles. The number of aromatic nitrogens is 4. The van der Waals surface area contributed by atoms with Gasteiger partial charge in [-0.2, -0.15) is 10.2 Å². The van der Waals surface area contributed by atoms with E-state index in [0.717, 1.165) is 5.69 Å². The van der Waals surface area contributed by atoms with Crippen molar-refractivity contribution in [1.82, 2.24) is 19.6 Å². The second-order valence-corrected chi connectivity index (χ2v) is 4.72. The van der Waals surface area contributed by atoms with Crippen LogP contribution < -0.4 is 5.73 Å². The minimum absolute atomic E-state index is 0.0701. The number of nitrogens with zero attached hydrogens (tertiary/aromatic N) is 4. The van der Waals surface area contributed by atoms with Gasteiger partial charge >= 0.3 is 0 Å². The van der Waals surface area contributed by atoms with Gasteiger partial charge in [0.2, 0.25) is 0 Å². The topological polar surface area (TPSA) is 61.7 Å². The molecule has 0 saturated carbocycles. The van der Waals surface area contributed by atoms with Crippen LogP contribution in [0.2, 0.25) is 5.02 Å². The first-order chi connectivity index (χ1) is 9.56. The van der Waals surface area contributed by atoms with Gasteiger partial charge in [-0.25, -0.2) is 9.07 Å². The number of benzene rings is 1. The average molecular weight is 292 g/mol. The standard InChI is InChI=1S/C13H11ClFN5/c1-19-12(4-5-17-19)13-11(16)7-20(18-13)8-2-3-9(14)10(15)6-8/h2-7H,16H2,1H3. The lowest BCUT2D eigenvalue weighted by atomic mass is 10.3. The van der Waals surface area contributed by atoms with Crippen molar-refractivity contribution in [3.63, 3.8) is 0 Å². The second kappa shape index (κ2) is 4.64. The highest BCUT2D eigenvalue weighted by Gasteiger charge is 2.13. The number of rotatable bonds is 2. The number of nitrogens with two attached hydrogens (primary N) is 1. The summed E-state index contributed by atoms with van der Waals surface area (Å²) >= 11 is 5.67. The Bertz CT molecular complexity index is 777. The smallest absolute Gasteiger partial charge is 0.143 e. The van der Waals surface area contributed by atoms with E-state index < -0.39 is 5.82 Å². The van der Waals surface area contributed by atoms with Crippen LogP contribution in [-0.4, -0.2) is 19.6 Å². The Morgan fingerprint density at radius 2 is 2.10 bits per heavy atom. The zero-order valence-electron chi connectivity index (χ0n) is 10.6. The van der Waals surface area contributed by atoms with Crippen LogP contribution in [0.5, 0.6) is 0 Å². The molecule has 0 amide bonds. The minimum Gasteiger partial charge on any atom is -0.396 e. The number of hydrogen-bond donors (Lipinski definition) is 1. The fourth-order valence-corrected chi connectivity index (χ4v) is 2.07. The summed E-state index contributed by atoms with van der Waals surface area (Å²) in [5.74, 6) is -0.500.